The zero-order chi connectivity index (χ0) is 17.1. The monoisotopic (exact) mass is 324 g/mol. The lowest BCUT2D eigenvalue weighted by molar-refractivity contribution is -0.146. The van der Waals surface area contributed by atoms with Gasteiger partial charge in [0.25, 0.3) is 0 Å². The van der Waals surface area contributed by atoms with E-state index < -0.39 is 11.9 Å². The Morgan fingerprint density at radius 3 is 1.50 bits per heavy atom. The largest absolute Gasteiger partial charge is 0.462 e. The molecule has 24 heavy (non-hydrogen) atoms. The van der Waals surface area contributed by atoms with Gasteiger partial charge in [-0.25, -0.2) is 9.59 Å². The zero-order valence-corrected chi connectivity index (χ0v) is 13.8. The summed E-state index contributed by atoms with van der Waals surface area (Å²) in [7, 11) is 0. The second-order valence-corrected chi connectivity index (χ2v) is 5.61. The summed E-state index contributed by atoms with van der Waals surface area (Å²) in [6, 6.07) is 0. The van der Waals surface area contributed by atoms with Gasteiger partial charge >= 0.3 is 11.9 Å². The predicted octanol–water partition coefficient (Wildman–Crippen LogP) is 3.20. The average molecular weight is 324 g/mol. The number of rotatable bonds is 6. The molecular formula is C20H20O4. The minimum Gasteiger partial charge on any atom is -0.462 e. The Bertz CT molecular complexity index is 660. The summed E-state index contributed by atoms with van der Waals surface area (Å²) >= 11 is 0. The fourth-order valence-corrected chi connectivity index (χ4v) is 3.12. The van der Waals surface area contributed by atoms with Crippen LogP contribution >= 0.6 is 0 Å². The molecular weight excluding hydrogens is 304 g/mol. The zero-order valence-electron chi connectivity index (χ0n) is 13.8. The number of hydrogen-bond donors (Lipinski definition) is 0. The Kier molecular flexibility index (Phi) is 4.65. The quantitative estimate of drug-likeness (QED) is 0.326. The number of allylic oxidation sites excluding steroid dienone is 11. The highest BCUT2D eigenvalue weighted by Crippen LogP contribution is 2.53. The van der Waals surface area contributed by atoms with Crippen molar-refractivity contribution in [2.45, 2.75) is 13.8 Å². The first-order valence-corrected chi connectivity index (χ1v) is 8.22. The highest BCUT2D eigenvalue weighted by Gasteiger charge is 2.44. The van der Waals surface area contributed by atoms with Crippen LogP contribution in [0.25, 0.3) is 0 Å². The van der Waals surface area contributed by atoms with Crippen molar-refractivity contribution in [3.63, 3.8) is 0 Å². The molecule has 0 heterocycles. The molecule has 3 rings (SSSR count). The third-order valence-corrected chi connectivity index (χ3v) is 4.14. The number of hydrogen-bond acceptors (Lipinski definition) is 4. The highest BCUT2D eigenvalue weighted by molar-refractivity contribution is 6.17. The van der Waals surface area contributed by atoms with Crippen molar-refractivity contribution < 1.29 is 19.1 Å². The van der Waals surface area contributed by atoms with E-state index in [0.29, 0.717) is 5.57 Å². The van der Waals surface area contributed by atoms with E-state index >= 15 is 0 Å². The van der Waals surface area contributed by atoms with Crippen LogP contribution < -0.4 is 0 Å². The number of esters is 2. The van der Waals surface area contributed by atoms with Gasteiger partial charge in [0.1, 0.15) is 0 Å². The number of carbonyl (C=O) groups is 2. The van der Waals surface area contributed by atoms with Crippen molar-refractivity contribution in [3.05, 3.63) is 70.9 Å². The number of carbonyl (C=O) groups excluding carboxylic acids is 2. The van der Waals surface area contributed by atoms with Crippen LogP contribution in [-0.4, -0.2) is 25.2 Å². The third kappa shape index (κ3) is 2.92. The van der Waals surface area contributed by atoms with Crippen LogP contribution in [0, 0.1) is 11.8 Å². The van der Waals surface area contributed by atoms with Gasteiger partial charge in [-0.15, -0.1) is 0 Å². The summed E-state index contributed by atoms with van der Waals surface area (Å²) in [5.74, 6) is -1.04. The van der Waals surface area contributed by atoms with Crippen molar-refractivity contribution in [2.24, 2.45) is 11.8 Å². The molecule has 0 saturated carbocycles. The van der Waals surface area contributed by atoms with Crippen LogP contribution in [0.5, 0.6) is 0 Å². The Labute approximate surface area is 141 Å². The van der Waals surface area contributed by atoms with Gasteiger partial charge in [0.15, 0.2) is 5.57 Å². The molecule has 0 unspecified atom stereocenters. The Morgan fingerprint density at radius 1 is 0.792 bits per heavy atom. The summed E-state index contributed by atoms with van der Waals surface area (Å²) in [6.07, 6.45) is 16.1. The van der Waals surface area contributed by atoms with Gasteiger partial charge < -0.3 is 9.47 Å². The number of ether oxygens (including phenoxy) is 2. The van der Waals surface area contributed by atoms with E-state index in [-0.39, 0.29) is 30.6 Å². The SMILES string of the molecule is CCOC(=O)C(C(=O)OCC)=C1C(C2C=CC=C2)=C1C1C=CC=C1. The molecule has 3 aliphatic carbocycles. The molecule has 0 fully saturated rings. The first-order chi connectivity index (χ1) is 11.7. The van der Waals surface area contributed by atoms with Crippen molar-refractivity contribution in [3.8, 4) is 0 Å². The van der Waals surface area contributed by atoms with Crippen LogP contribution in [0.1, 0.15) is 13.8 Å². The van der Waals surface area contributed by atoms with Crippen molar-refractivity contribution in [2.75, 3.05) is 13.2 Å². The molecule has 0 atom stereocenters. The molecule has 0 radical (unpaired) electrons. The molecule has 0 spiro atoms. The van der Waals surface area contributed by atoms with Gasteiger partial charge in [0.2, 0.25) is 0 Å². The van der Waals surface area contributed by atoms with Gasteiger partial charge in [0.05, 0.1) is 13.2 Å². The average Bonchev–Trinajstić information content (AvgIpc) is 3.01. The second kappa shape index (κ2) is 6.87. The third-order valence-electron chi connectivity index (χ3n) is 4.14. The molecule has 0 amide bonds. The second-order valence-electron chi connectivity index (χ2n) is 5.61. The van der Waals surface area contributed by atoms with E-state index in [1.54, 1.807) is 13.8 Å². The topological polar surface area (TPSA) is 52.6 Å². The summed E-state index contributed by atoms with van der Waals surface area (Å²) < 4.78 is 10.2. The van der Waals surface area contributed by atoms with Gasteiger partial charge in [-0.05, 0) is 25.0 Å². The van der Waals surface area contributed by atoms with Gasteiger partial charge in [-0.3, -0.25) is 0 Å². The molecule has 3 aliphatic rings. The lowest BCUT2D eigenvalue weighted by Gasteiger charge is -2.08. The molecule has 0 aliphatic heterocycles. The summed E-state index contributed by atoms with van der Waals surface area (Å²) in [5.41, 5.74) is 2.77. The molecule has 0 aromatic heterocycles. The lowest BCUT2D eigenvalue weighted by Crippen LogP contribution is -2.19. The minimum atomic E-state index is -0.615. The Morgan fingerprint density at radius 2 is 1.17 bits per heavy atom. The van der Waals surface area contributed by atoms with Crippen LogP contribution in [0.15, 0.2) is 70.9 Å². The first-order valence-electron chi connectivity index (χ1n) is 8.22. The molecule has 124 valence electrons. The summed E-state index contributed by atoms with van der Waals surface area (Å²) in [5, 5.41) is 0. The molecule has 0 saturated heterocycles. The maximum atomic E-state index is 12.4. The van der Waals surface area contributed by atoms with Gasteiger partial charge in [-0.2, -0.15) is 0 Å². The van der Waals surface area contributed by atoms with Gasteiger partial charge in [-0.1, -0.05) is 48.6 Å². The van der Waals surface area contributed by atoms with Crippen LogP contribution in [0.2, 0.25) is 0 Å². The van der Waals surface area contributed by atoms with E-state index in [1.165, 1.54) is 0 Å². The molecule has 4 heteroatoms. The molecule has 0 bridgehead atoms. The fraction of sp³-hybridized carbons (Fsp3) is 0.300. The maximum absolute atomic E-state index is 12.4. The summed E-state index contributed by atoms with van der Waals surface area (Å²) in [6.45, 7) is 3.87. The van der Waals surface area contributed by atoms with Crippen LogP contribution in [0.4, 0.5) is 0 Å². The Hall–Kier alpha value is -2.62. The lowest BCUT2D eigenvalue weighted by atomic mass is 10.0. The molecule has 4 nitrogen and oxygen atoms in total. The fourth-order valence-electron chi connectivity index (χ4n) is 3.12. The van der Waals surface area contributed by atoms with E-state index in [9.17, 15) is 9.59 Å². The van der Waals surface area contributed by atoms with E-state index in [4.69, 9.17) is 9.47 Å². The van der Waals surface area contributed by atoms with Crippen molar-refractivity contribution in [1.29, 1.82) is 0 Å². The maximum Gasteiger partial charge on any atom is 0.346 e. The smallest absolute Gasteiger partial charge is 0.346 e. The van der Waals surface area contributed by atoms with E-state index in [1.807, 2.05) is 24.3 Å². The Balaban J connectivity index is 2.02. The highest BCUT2D eigenvalue weighted by atomic mass is 16.6. The molecule has 0 aromatic rings. The normalized spacial score (nSPS) is 18.7. The van der Waals surface area contributed by atoms with E-state index in [0.717, 1.165) is 11.1 Å². The molecule has 0 aromatic carbocycles. The molecule has 0 N–H and O–H groups in total. The van der Waals surface area contributed by atoms with Crippen LogP contribution in [-0.2, 0) is 19.1 Å². The summed E-state index contributed by atoms with van der Waals surface area (Å²) in [4.78, 5) is 24.8. The standard InChI is InChI=1S/C20H20O4/c1-3-23-19(21)18(20(22)24-4-2)17-15(13-9-5-6-10-13)16(17)14-11-7-8-12-14/h5-14H,3-4H2,1-2H3. The minimum absolute atomic E-state index is 0.0195. The van der Waals surface area contributed by atoms with E-state index in [2.05, 4.69) is 24.3 Å². The van der Waals surface area contributed by atoms with Crippen LogP contribution in [0.3, 0.4) is 0 Å². The first kappa shape index (κ1) is 16.2. The van der Waals surface area contributed by atoms with Gasteiger partial charge in [0, 0.05) is 17.4 Å². The van der Waals surface area contributed by atoms with Crippen molar-refractivity contribution >= 4 is 11.9 Å². The van der Waals surface area contributed by atoms with Crippen molar-refractivity contribution in [1.82, 2.24) is 0 Å². The predicted molar refractivity (Wildman–Crippen MR) is 90.9 cm³/mol.